The number of fused-ring (bicyclic) bond motifs is 1. The Morgan fingerprint density at radius 2 is 1.96 bits per heavy atom. The number of carbonyl (C=O) groups excluding carboxylic acids is 1. The van der Waals surface area contributed by atoms with Crippen LogP contribution >= 0.6 is 0 Å². The number of aromatic amines is 1. The second-order valence-corrected chi connectivity index (χ2v) is 7.08. The van der Waals surface area contributed by atoms with E-state index in [0.29, 0.717) is 24.7 Å². The molecule has 1 unspecified atom stereocenters. The average Bonchev–Trinajstić information content (AvgIpc) is 3.31. The Hall–Kier alpha value is -2.70. The number of rotatable bonds is 5. The molecule has 1 aliphatic rings. The molecular weight excluding hydrogens is 343 g/mol. The summed E-state index contributed by atoms with van der Waals surface area (Å²) in [5.74, 6) is 0.00429. The van der Waals surface area contributed by atoms with Crippen molar-refractivity contribution in [3.63, 3.8) is 0 Å². The molecule has 27 heavy (non-hydrogen) atoms. The van der Waals surface area contributed by atoms with E-state index in [-0.39, 0.29) is 17.8 Å². The Labute approximate surface area is 157 Å². The molecule has 1 saturated heterocycles. The van der Waals surface area contributed by atoms with Crippen LogP contribution in [0.25, 0.3) is 22.0 Å². The van der Waals surface area contributed by atoms with Crippen LogP contribution in [0.4, 0.5) is 4.39 Å². The Morgan fingerprint density at radius 1 is 1.19 bits per heavy atom. The van der Waals surface area contributed by atoms with Gasteiger partial charge in [-0.05, 0) is 49.2 Å². The molecule has 0 radical (unpaired) electrons. The van der Waals surface area contributed by atoms with E-state index < -0.39 is 0 Å². The van der Waals surface area contributed by atoms with Gasteiger partial charge in [0.2, 0.25) is 0 Å². The van der Waals surface area contributed by atoms with Crippen LogP contribution in [-0.4, -0.2) is 36.6 Å². The van der Waals surface area contributed by atoms with E-state index in [1.54, 1.807) is 12.1 Å². The molecule has 0 bridgehead atoms. The third-order valence-corrected chi connectivity index (χ3v) is 5.22. The van der Waals surface area contributed by atoms with Crippen LogP contribution in [0.3, 0.4) is 0 Å². The molecule has 0 aliphatic carbocycles. The minimum Gasteiger partial charge on any atom is -0.350 e. The second-order valence-electron chi connectivity index (χ2n) is 7.08. The van der Waals surface area contributed by atoms with E-state index in [9.17, 15) is 9.18 Å². The van der Waals surface area contributed by atoms with Gasteiger partial charge in [-0.25, -0.2) is 4.39 Å². The fraction of sp³-hybridized carbons (Fsp3) is 0.286. The molecule has 6 heteroatoms. The molecule has 1 fully saturated rings. The summed E-state index contributed by atoms with van der Waals surface area (Å²) in [6.07, 6.45) is 0.967. The lowest BCUT2D eigenvalue weighted by atomic mass is 10.0. The van der Waals surface area contributed by atoms with Crippen molar-refractivity contribution in [2.45, 2.75) is 12.5 Å². The van der Waals surface area contributed by atoms with E-state index in [0.717, 1.165) is 35.0 Å². The van der Waals surface area contributed by atoms with Gasteiger partial charge in [0.25, 0.3) is 5.91 Å². The molecule has 0 saturated carbocycles. The highest BCUT2D eigenvalue weighted by Crippen LogP contribution is 2.32. The molecule has 1 aliphatic heterocycles. The highest BCUT2D eigenvalue weighted by atomic mass is 19.1. The lowest BCUT2D eigenvalue weighted by Crippen LogP contribution is -2.37. The lowest BCUT2D eigenvalue weighted by Gasteiger charge is -2.12. The van der Waals surface area contributed by atoms with Gasteiger partial charge in [0.15, 0.2) is 0 Å². The molecule has 3 aromatic rings. The first-order chi connectivity index (χ1) is 13.2. The zero-order valence-electron chi connectivity index (χ0n) is 15.0. The van der Waals surface area contributed by atoms with Gasteiger partial charge >= 0.3 is 0 Å². The van der Waals surface area contributed by atoms with E-state index >= 15 is 0 Å². The molecule has 2 heterocycles. The largest absolute Gasteiger partial charge is 0.350 e. The Balaban J connectivity index is 1.62. The van der Waals surface area contributed by atoms with Crippen molar-refractivity contribution >= 4 is 16.8 Å². The predicted molar refractivity (Wildman–Crippen MR) is 105 cm³/mol. The summed E-state index contributed by atoms with van der Waals surface area (Å²) in [6, 6.07) is 14.2. The molecule has 2 aromatic carbocycles. The minimum atomic E-state index is -0.300. The number of halogens is 1. The van der Waals surface area contributed by atoms with Gasteiger partial charge in [0.1, 0.15) is 11.5 Å². The highest BCUT2D eigenvalue weighted by Gasteiger charge is 2.24. The molecule has 0 spiro atoms. The Kier molecular flexibility index (Phi) is 4.92. The van der Waals surface area contributed by atoms with Crippen molar-refractivity contribution in [3.8, 4) is 11.1 Å². The van der Waals surface area contributed by atoms with Crippen LogP contribution in [0, 0.1) is 11.7 Å². The standard InChI is InChI=1S/C21H23FN4O/c22-15-7-5-14(6-8-15)19-17-3-1-2-4-18(17)26-20(19)21(27)25-12-16-9-13(10-23)11-24-16/h1-8,13,16,24,26H,9-12,23H2,(H,25,27)/t13-,16?/m1/s1. The predicted octanol–water partition coefficient (Wildman–Crippen LogP) is 2.64. The number of para-hydroxylation sites is 1. The van der Waals surface area contributed by atoms with E-state index in [4.69, 9.17) is 5.73 Å². The summed E-state index contributed by atoms with van der Waals surface area (Å²) in [5.41, 5.74) is 8.70. The maximum atomic E-state index is 13.4. The van der Waals surface area contributed by atoms with Crippen LogP contribution in [-0.2, 0) is 0 Å². The first-order valence-corrected chi connectivity index (χ1v) is 9.24. The first-order valence-electron chi connectivity index (χ1n) is 9.24. The summed E-state index contributed by atoms with van der Waals surface area (Å²) in [7, 11) is 0. The van der Waals surface area contributed by atoms with E-state index in [1.807, 2.05) is 24.3 Å². The number of hydrogen-bond donors (Lipinski definition) is 4. The van der Waals surface area contributed by atoms with Crippen LogP contribution < -0.4 is 16.4 Å². The summed E-state index contributed by atoms with van der Waals surface area (Å²) in [4.78, 5) is 16.1. The van der Waals surface area contributed by atoms with Crippen molar-refractivity contribution < 1.29 is 9.18 Å². The summed E-state index contributed by atoms with van der Waals surface area (Å²) >= 11 is 0. The van der Waals surface area contributed by atoms with Gasteiger partial charge in [0.05, 0.1) is 0 Å². The van der Waals surface area contributed by atoms with Crippen LogP contribution in [0.2, 0.25) is 0 Å². The number of aromatic nitrogens is 1. The smallest absolute Gasteiger partial charge is 0.268 e. The van der Waals surface area contributed by atoms with Crippen LogP contribution in [0.5, 0.6) is 0 Å². The lowest BCUT2D eigenvalue weighted by molar-refractivity contribution is 0.0946. The fourth-order valence-electron chi connectivity index (χ4n) is 3.77. The first kappa shape index (κ1) is 17.7. The normalized spacial score (nSPS) is 19.5. The number of nitrogens with one attached hydrogen (secondary N) is 3. The molecule has 140 valence electrons. The third-order valence-electron chi connectivity index (χ3n) is 5.22. The Morgan fingerprint density at radius 3 is 2.70 bits per heavy atom. The number of hydrogen-bond acceptors (Lipinski definition) is 3. The maximum absolute atomic E-state index is 13.4. The summed E-state index contributed by atoms with van der Waals surface area (Å²) in [5, 5.41) is 7.36. The quantitative estimate of drug-likeness (QED) is 0.560. The molecule has 1 amide bonds. The minimum absolute atomic E-state index is 0.163. The number of H-pyrrole nitrogens is 1. The molecule has 2 atom stereocenters. The van der Waals surface area contributed by atoms with E-state index in [1.165, 1.54) is 12.1 Å². The average molecular weight is 366 g/mol. The van der Waals surface area contributed by atoms with Gasteiger partial charge in [0, 0.05) is 29.1 Å². The fourth-order valence-corrected chi connectivity index (χ4v) is 3.77. The Bertz CT molecular complexity index is 950. The monoisotopic (exact) mass is 366 g/mol. The molecule has 1 aromatic heterocycles. The molecule has 5 nitrogen and oxygen atoms in total. The van der Waals surface area contributed by atoms with Crippen LogP contribution in [0.1, 0.15) is 16.9 Å². The molecule has 4 rings (SSSR count). The topological polar surface area (TPSA) is 82.9 Å². The van der Waals surface area contributed by atoms with Gasteiger partial charge in [-0.3, -0.25) is 4.79 Å². The molecule has 5 N–H and O–H groups in total. The number of carbonyl (C=O) groups is 1. The number of nitrogens with two attached hydrogens (primary N) is 1. The van der Waals surface area contributed by atoms with Crippen molar-refractivity contribution in [3.05, 3.63) is 60.0 Å². The van der Waals surface area contributed by atoms with Gasteiger partial charge in [-0.2, -0.15) is 0 Å². The van der Waals surface area contributed by atoms with Crippen molar-refractivity contribution in [1.29, 1.82) is 0 Å². The molecular formula is C21H23FN4O. The summed E-state index contributed by atoms with van der Waals surface area (Å²) < 4.78 is 13.4. The number of benzene rings is 2. The zero-order chi connectivity index (χ0) is 18.8. The van der Waals surface area contributed by atoms with Gasteiger partial charge in [-0.15, -0.1) is 0 Å². The second kappa shape index (κ2) is 7.50. The summed E-state index contributed by atoms with van der Waals surface area (Å²) in [6.45, 7) is 2.10. The van der Waals surface area contributed by atoms with Crippen molar-refractivity contribution in [2.24, 2.45) is 11.7 Å². The highest BCUT2D eigenvalue weighted by molar-refractivity contribution is 6.09. The van der Waals surface area contributed by atoms with Gasteiger partial charge in [-0.1, -0.05) is 30.3 Å². The zero-order valence-corrected chi connectivity index (χ0v) is 15.0. The third kappa shape index (κ3) is 3.59. The van der Waals surface area contributed by atoms with Crippen molar-refractivity contribution in [1.82, 2.24) is 15.6 Å². The SMILES string of the molecule is NC[C@@H]1CNC(CNC(=O)c2[nH]c3ccccc3c2-c2ccc(F)cc2)C1. The van der Waals surface area contributed by atoms with Gasteiger partial charge < -0.3 is 21.4 Å². The van der Waals surface area contributed by atoms with Crippen LogP contribution in [0.15, 0.2) is 48.5 Å². The van der Waals surface area contributed by atoms with Crippen molar-refractivity contribution in [2.75, 3.05) is 19.6 Å². The maximum Gasteiger partial charge on any atom is 0.268 e. The van der Waals surface area contributed by atoms with E-state index in [2.05, 4.69) is 15.6 Å². The number of amides is 1.